The van der Waals surface area contributed by atoms with Crippen LogP contribution in [-0.4, -0.2) is 51.2 Å². The fraction of sp³-hybridized carbons (Fsp3) is 0.429. The molecule has 0 saturated carbocycles. The molecular weight excluding hydrogens is 340 g/mol. The van der Waals surface area contributed by atoms with Gasteiger partial charge in [-0.2, -0.15) is 0 Å². The number of aryl methyl sites for hydroxylation is 1. The van der Waals surface area contributed by atoms with Crippen molar-refractivity contribution in [3.63, 3.8) is 0 Å². The molecule has 0 N–H and O–H groups in total. The maximum absolute atomic E-state index is 13.2. The maximum atomic E-state index is 13.2. The average Bonchev–Trinajstić information content (AvgIpc) is 2.97. The van der Waals surface area contributed by atoms with Crippen LogP contribution in [-0.2, 0) is 11.3 Å². The van der Waals surface area contributed by atoms with Crippen molar-refractivity contribution in [1.82, 2.24) is 19.8 Å². The van der Waals surface area contributed by atoms with E-state index in [1.165, 1.54) is 0 Å². The minimum atomic E-state index is -0.452. The lowest BCUT2D eigenvalue weighted by atomic mass is 9.78. The fourth-order valence-corrected chi connectivity index (χ4v) is 4.26. The molecule has 2 aliphatic rings. The Morgan fingerprint density at radius 1 is 1.15 bits per heavy atom. The summed E-state index contributed by atoms with van der Waals surface area (Å²) >= 11 is 0. The van der Waals surface area contributed by atoms with Crippen molar-refractivity contribution in [1.29, 1.82) is 0 Å². The van der Waals surface area contributed by atoms with Crippen LogP contribution < -0.4 is 0 Å². The fourth-order valence-electron chi connectivity index (χ4n) is 4.26. The highest BCUT2D eigenvalue weighted by Gasteiger charge is 2.49. The van der Waals surface area contributed by atoms with Gasteiger partial charge in [-0.1, -0.05) is 12.1 Å². The zero-order valence-corrected chi connectivity index (χ0v) is 15.6. The smallest absolute Gasteiger partial charge is 0.272 e. The number of carbonyl (C=O) groups is 2. The molecule has 2 amide bonds. The number of hydrogen-bond donors (Lipinski definition) is 0. The summed E-state index contributed by atoms with van der Waals surface area (Å²) in [5.41, 5.74) is 1.86. The van der Waals surface area contributed by atoms with Gasteiger partial charge in [-0.05, 0) is 50.5 Å². The van der Waals surface area contributed by atoms with E-state index in [-0.39, 0.29) is 11.8 Å². The third-order valence-electron chi connectivity index (χ3n) is 5.65. The van der Waals surface area contributed by atoms with E-state index in [1.54, 1.807) is 23.2 Å². The van der Waals surface area contributed by atoms with Crippen LogP contribution in [0.5, 0.6) is 0 Å². The molecule has 2 fully saturated rings. The van der Waals surface area contributed by atoms with Crippen LogP contribution in [0.25, 0.3) is 0 Å². The van der Waals surface area contributed by atoms with Crippen LogP contribution in [0.1, 0.15) is 41.1 Å². The Morgan fingerprint density at radius 2 is 2.04 bits per heavy atom. The molecule has 140 valence electrons. The van der Waals surface area contributed by atoms with E-state index in [2.05, 4.69) is 9.97 Å². The molecule has 0 aromatic carbocycles. The van der Waals surface area contributed by atoms with Crippen LogP contribution >= 0.6 is 0 Å². The molecule has 1 spiro atoms. The van der Waals surface area contributed by atoms with E-state index in [0.29, 0.717) is 25.3 Å². The summed E-state index contributed by atoms with van der Waals surface area (Å²) in [6.07, 6.45) is 4.12. The van der Waals surface area contributed by atoms with Crippen LogP contribution in [0.2, 0.25) is 0 Å². The van der Waals surface area contributed by atoms with E-state index >= 15 is 0 Å². The molecule has 6 nitrogen and oxygen atoms in total. The highest BCUT2D eigenvalue weighted by Crippen LogP contribution is 2.40. The standard InChI is InChI=1S/C21H24N4O2/c1-16-6-4-7-17(23-16)14-24-13-10-21(20(24)27)9-5-12-25(15-21)19(26)18-8-2-3-11-22-18/h2-4,6-8,11H,5,9-10,12-15H2,1H3/t21-/m1/s1. The first-order valence-corrected chi connectivity index (χ1v) is 9.50. The molecule has 0 aliphatic carbocycles. The lowest BCUT2D eigenvalue weighted by Gasteiger charge is -2.38. The van der Waals surface area contributed by atoms with Crippen molar-refractivity contribution in [3.05, 3.63) is 59.7 Å². The first kappa shape index (κ1) is 17.6. The summed E-state index contributed by atoms with van der Waals surface area (Å²) in [5.74, 6) is 0.0746. The molecule has 4 heterocycles. The Kier molecular flexibility index (Phi) is 4.64. The van der Waals surface area contributed by atoms with Gasteiger partial charge in [0.05, 0.1) is 17.7 Å². The summed E-state index contributed by atoms with van der Waals surface area (Å²) in [7, 11) is 0. The van der Waals surface area contributed by atoms with E-state index in [9.17, 15) is 9.59 Å². The number of carbonyl (C=O) groups excluding carboxylic acids is 2. The van der Waals surface area contributed by atoms with Crippen LogP contribution in [0, 0.1) is 12.3 Å². The van der Waals surface area contributed by atoms with E-state index in [1.807, 2.05) is 36.1 Å². The zero-order chi connectivity index (χ0) is 18.9. The average molecular weight is 364 g/mol. The Labute approximate surface area is 159 Å². The lowest BCUT2D eigenvalue weighted by Crippen LogP contribution is -2.49. The van der Waals surface area contributed by atoms with Gasteiger partial charge in [0, 0.05) is 31.5 Å². The van der Waals surface area contributed by atoms with Crippen LogP contribution in [0.4, 0.5) is 0 Å². The van der Waals surface area contributed by atoms with Gasteiger partial charge >= 0.3 is 0 Å². The van der Waals surface area contributed by atoms with Gasteiger partial charge in [-0.3, -0.25) is 19.6 Å². The molecular formula is C21H24N4O2. The first-order chi connectivity index (χ1) is 13.1. The van der Waals surface area contributed by atoms with Crippen molar-refractivity contribution < 1.29 is 9.59 Å². The summed E-state index contributed by atoms with van der Waals surface area (Å²) in [6, 6.07) is 11.2. The largest absolute Gasteiger partial charge is 0.336 e. The van der Waals surface area contributed by atoms with E-state index in [4.69, 9.17) is 0 Å². The molecule has 1 atom stereocenters. The van der Waals surface area contributed by atoms with Crippen molar-refractivity contribution in [3.8, 4) is 0 Å². The highest BCUT2D eigenvalue weighted by atomic mass is 16.2. The van der Waals surface area contributed by atoms with Crippen molar-refractivity contribution in [2.24, 2.45) is 5.41 Å². The van der Waals surface area contributed by atoms with Crippen molar-refractivity contribution in [2.75, 3.05) is 19.6 Å². The predicted octanol–water partition coefficient (Wildman–Crippen LogP) is 2.44. The number of likely N-dealkylation sites (tertiary alicyclic amines) is 2. The summed E-state index contributed by atoms with van der Waals surface area (Å²) in [5, 5.41) is 0. The SMILES string of the molecule is Cc1cccc(CN2CC[C@@]3(CCCN(C(=O)c4ccccn4)C3)C2=O)n1. The third kappa shape index (κ3) is 3.44. The molecule has 0 radical (unpaired) electrons. The number of hydrogen-bond acceptors (Lipinski definition) is 4. The lowest BCUT2D eigenvalue weighted by molar-refractivity contribution is -0.138. The molecule has 0 bridgehead atoms. The molecule has 6 heteroatoms. The highest BCUT2D eigenvalue weighted by molar-refractivity contribution is 5.93. The number of nitrogens with zero attached hydrogens (tertiary/aromatic N) is 4. The van der Waals surface area contributed by atoms with Crippen molar-refractivity contribution >= 4 is 11.8 Å². The minimum absolute atomic E-state index is 0.0822. The maximum Gasteiger partial charge on any atom is 0.272 e. The number of piperidine rings is 1. The zero-order valence-electron chi connectivity index (χ0n) is 15.6. The molecule has 27 heavy (non-hydrogen) atoms. The van der Waals surface area contributed by atoms with Gasteiger partial charge < -0.3 is 9.80 Å². The van der Waals surface area contributed by atoms with E-state index < -0.39 is 5.41 Å². The number of pyridine rings is 2. The third-order valence-corrected chi connectivity index (χ3v) is 5.65. The molecule has 4 rings (SSSR count). The minimum Gasteiger partial charge on any atom is -0.336 e. The summed E-state index contributed by atoms with van der Waals surface area (Å²) in [4.78, 5) is 38.4. The Morgan fingerprint density at radius 3 is 2.81 bits per heavy atom. The predicted molar refractivity (Wildman–Crippen MR) is 101 cm³/mol. The first-order valence-electron chi connectivity index (χ1n) is 9.50. The summed E-state index contributed by atoms with van der Waals surface area (Å²) in [6.45, 7) is 4.39. The molecule has 2 aliphatic heterocycles. The van der Waals surface area contributed by atoms with Gasteiger partial charge in [0.25, 0.3) is 5.91 Å². The van der Waals surface area contributed by atoms with Crippen LogP contribution in [0.3, 0.4) is 0 Å². The topological polar surface area (TPSA) is 66.4 Å². The van der Waals surface area contributed by atoms with E-state index in [0.717, 1.165) is 37.2 Å². The normalized spacial score (nSPS) is 22.5. The number of amides is 2. The van der Waals surface area contributed by atoms with Gasteiger partial charge in [0.15, 0.2) is 0 Å². The monoisotopic (exact) mass is 364 g/mol. The molecule has 2 saturated heterocycles. The van der Waals surface area contributed by atoms with Gasteiger partial charge in [-0.15, -0.1) is 0 Å². The second kappa shape index (κ2) is 7.10. The molecule has 0 unspecified atom stereocenters. The van der Waals surface area contributed by atoms with Gasteiger partial charge in [-0.25, -0.2) is 0 Å². The second-order valence-corrected chi connectivity index (χ2v) is 7.57. The number of rotatable bonds is 3. The number of aromatic nitrogens is 2. The summed E-state index contributed by atoms with van der Waals surface area (Å²) < 4.78 is 0. The Hall–Kier alpha value is -2.76. The Bertz CT molecular complexity index is 854. The van der Waals surface area contributed by atoms with Crippen LogP contribution in [0.15, 0.2) is 42.6 Å². The quantitative estimate of drug-likeness (QED) is 0.839. The molecule has 2 aromatic heterocycles. The van der Waals surface area contributed by atoms with Gasteiger partial charge in [0.2, 0.25) is 5.91 Å². The Balaban J connectivity index is 1.48. The molecule has 2 aromatic rings. The van der Waals surface area contributed by atoms with Crippen molar-refractivity contribution in [2.45, 2.75) is 32.7 Å². The second-order valence-electron chi connectivity index (χ2n) is 7.57. The van der Waals surface area contributed by atoms with Gasteiger partial charge in [0.1, 0.15) is 5.69 Å².